The van der Waals surface area contributed by atoms with Crippen molar-refractivity contribution in [2.24, 2.45) is 0 Å². The number of hydrogen-bond acceptors (Lipinski definition) is 5. The average Bonchev–Trinajstić information content (AvgIpc) is 2.73. The fourth-order valence-corrected chi connectivity index (χ4v) is 1.24. The Kier molecular flexibility index (Phi) is 3.11. The zero-order valence-corrected chi connectivity index (χ0v) is 8.43. The predicted molar refractivity (Wildman–Crippen MR) is 53.7 cm³/mol. The third-order valence-electron chi connectivity index (χ3n) is 1.94. The third kappa shape index (κ3) is 2.34. The van der Waals surface area contributed by atoms with Crippen LogP contribution in [0.5, 0.6) is 17.2 Å². The van der Waals surface area contributed by atoms with E-state index in [2.05, 4.69) is 5.32 Å². The Labute approximate surface area is 91.7 Å². The lowest BCUT2D eigenvalue weighted by Crippen LogP contribution is -2.29. The summed E-state index contributed by atoms with van der Waals surface area (Å²) in [6.45, 7) is 0.203. The van der Waals surface area contributed by atoms with Crippen LogP contribution in [0.1, 0.15) is 0 Å². The minimum atomic E-state index is -0.618. The first kappa shape index (κ1) is 10.6. The number of aliphatic hydroxyl groups is 1. The van der Waals surface area contributed by atoms with Gasteiger partial charge in [0.1, 0.15) is 5.75 Å². The highest BCUT2D eigenvalue weighted by Crippen LogP contribution is 2.34. The predicted octanol–water partition coefficient (Wildman–Crippen LogP) is 0.496. The largest absolute Gasteiger partial charge is 0.454 e. The summed E-state index contributed by atoms with van der Waals surface area (Å²) in [6.07, 6.45) is -0.618. The Morgan fingerprint density at radius 3 is 3.06 bits per heavy atom. The molecule has 0 unspecified atom stereocenters. The van der Waals surface area contributed by atoms with Crippen LogP contribution in [0.4, 0.5) is 4.79 Å². The van der Waals surface area contributed by atoms with Crippen molar-refractivity contribution >= 4 is 6.09 Å². The van der Waals surface area contributed by atoms with Crippen molar-refractivity contribution in [3.8, 4) is 17.2 Å². The molecule has 0 atom stereocenters. The van der Waals surface area contributed by atoms with Crippen molar-refractivity contribution in [3.05, 3.63) is 18.2 Å². The van der Waals surface area contributed by atoms with Crippen molar-refractivity contribution in [1.82, 2.24) is 5.32 Å². The Hall–Kier alpha value is -1.95. The van der Waals surface area contributed by atoms with E-state index < -0.39 is 6.09 Å². The summed E-state index contributed by atoms with van der Waals surface area (Å²) in [5.41, 5.74) is 0. The Morgan fingerprint density at radius 1 is 1.44 bits per heavy atom. The maximum atomic E-state index is 11.2. The Bertz CT molecular complexity index is 393. The van der Waals surface area contributed by atoms with E-state index in [1.165, 1.54) is 0 Å². The van der Waals surface area contributed by atoms with Gasteiger partial charge in [0.05, 0.1) is 6.61 Å². The molecule has 0 spiro atoms. The number of hydrogen-bond donors (Lipinski definition) is 2. The lowest BCUT2D eigenvalue weighted by atomic mass is 10.3. The van der Waals surface area contributed by atoms with Crippen LogP contribution in [-0.4, -0.2) is 31.1 Å². The highest BCUT2D eigenvalue weighted by Gasteiger charge is 2.14. The summed E-state index contributed by atoms with van der Waals surface area (Å²) < 4.78 is 15.2. The van der Waals surface area contributed by atoms with Gasteiger partial charge in [0.15, 0.2) is 11.5 Å². The van der Waals surface area contributed by atoms with Gasteiger partial charge in [-0.15, -0.1) is 0 Å². The van der Waals surface area contributed by atoms with Gasteiger partial charge in [0.2, 0.25) is 6.79 Å². The number of carbonyl (C=O) groups excluding carboxylic acids is 1. The summed E-state index contributed by atoms with van der Waals surface area (Å²) in [5.74, 6) is 1.54. The first-order chi connectivity index (χ1) is 7.79. The SMILES string of the molecule is O=C(NCCO)Oc1ccc2c(c1)OCO2. The highest BCUT2D eigenvalue weighted by molar-refractivity contribution is 5.70. The minimum Gasteiger partial charge on any atom is -0.454 e. The van der Waals surface area contributed by atoms with Gasteiger partial charge in [-0.2, -0.15) is 0 Å². The molecule has 0 aromatic heterocycles. The van der Waals surface area contributed by atoms with Gasteiger partial charge < -0.3 is 24.6 Å². The fraction of sp³-hybridized carbons (Fsp3) is 0.300. The smallest absolute Gasteiger partial charge is 0.412 e. The number of carbonyl (C=O) groups is 1. The number of aliphatic hydroxyl groups excluding tert-OH is 1. The van der Waals surface area contributed by atoms with Gasteiger partial charge in [-0.25, -0.2) is 4.79 Å². The zero-order chi connectivity index (χ0) is 11.4. The quantitative estimate of drug-likeness (QED) is 0.783. The minimum absolute atomic E-state index is 0.129. The van der Waals surface area contributed by atoms with Crippen molar-refractivity contribution in [2.45, 2.75) is 0 Å². The topological polar surface area (TPSA) is 77.0 Å². The summed E-state index contributed by atoms with van der Waals surface area (Å²) >= 11 is 0. The molecule has 1 heterocycles. The molecule has 0 aliphatic carbocycles. The second kappa shape index (κ2) is 4.71. The van der Waals surface area contributed by atoms with E-state index in [-0.39, 0.29) is 19.9 Å². The maximum Gasteiger partial charge on any atom is 0.412 e. The number of rotatable bonds is 3. The van der Waals surface area contributed by atoms with E-state index in [0.29, 0.717) is 17.2 Å². The first-order valence-corrected chi connectivity index (χ1v) is 4.76. The fourth-order valence-electron chi connectivity index (χ4n) is 1.24. The number of amides is 1. The zero-order valence-electron chi connectivity index (χ0n) is 8.43. The number of benzene rings is 1. The molecule has 16 heavy (non-hydrogen) atoms. The van der Waals surface area contributed by atoms with Crippen LogP contribution in [0, 0.1) is 0 Å². The van der Waals surface area contributed by atoms with E-state index in [1.807, 2.05) is 0 Å². The Morgan fingerprint density at radius 2 is 2.25 bits per heavy atom. The summed E-state index contributed by atoms with van der Waals surface area (Å²) in [5, 5.41) is 10.9. The number of nitrogens with one attached hydrogen (secondary N) is 1. The van der Waals surface area contributed by atoms with E-state index >= 15 is 0 Å². The van der Waals surface area contributed by atoms with Crippen LogP contribution in [-0.2, 0) is 0 Å². The molecule has 86 valence electrons. The summed E-state index contributed by atoms with van der Waals surface area (Å²) in [7, 11) is 0. The molecule has 0 fully saturated rings. The molecule has 1 aromatic rings. The molecule has 2 N–H and O–H groups in total. The molecule has 6 heteroatoms. The molecular weight excluding hydrogens is 214 g/mol. The highest BCUT2D eigenvalue weighted by atomic mass is 16.7. The van der Waals surface area contributed by atoms with Crippen LogP contribution in [0.3, 0.4) is 0 Å². The molecule has 0 saturated carbocycles. The molecule has 6 nitrogen and oxygen atoms in total. The molecule has 2 rings (SSSR count). The maximum absolute atomic E-state index is 11.2. The van der Waals surface area contributed by atoms with Crippen LogP contribution >= 0.6 is 0 Å². The average molecular weight is 225 g/mol. The lowest BCUT2D eigenvalue weighted by Gasteiger charge is -2.05. The third-order valence-corrected chi connectivity index (χ3v) is 1.94. The van der Waals surface area contributed by atoms with Crippen LogP contribution in [0.15, 0.2) is 18.2 Å². The first-order valence-electron chi connectivity index (χ1n) is 4.76. The van der Waals surface area contributed by atoms with Gasteiger partial charge in [-0.3, -0.25) is 0 Å². The van der Waals surface area contributed by atoms with Crippen LogP contribution in [0.2, 0.25) is 0 Å². The van der Waals surface area contributed by atoms with E-state index in [4.69, 9.17) is 19.3 Å². The summed E-state index contributed by atoms with van der Waals surface area (Å²) in [4.78, 5) is 11.2. The van der Waals surface area contributed by atoms with Crippen LogP contribution < -0.4 is 19.5 Å². The van der Waals surface area contributed by atoms with Gasteiger partial charge in [-0.05, 0) is 12.1 Å². The van der Waals surface area contributed by atoms with E-state index in [9.17, 15) is 4.79 Å². The van der Waals surface area contributed by atoms with E-state index in [0.717, 1.165) is 0 Å². The second-order valence-corrected chi connectivity index (χ2v) is 3.05. The van der Waals surface area contributed by atoms with Gasteiger partial charge in [0, 0.05) is 12.6 Å². The standard InChI is InChI=1S/C10H11NO5/c12-4-3-11-10(13)16-7-1-2-8-9(5-7)15-6-14-8/h1-2,5,12H,3-4,6H2,(H,11,13). The van der Waals surface area contributed by atoms with Gasteiger partial charge in [0.25, 0.3) is 0 Å². The molecule has 1 aliphatic rings. The molecule has 0 saturated heterocycles. The molecular formula is C10H11NO5. The molecule has 0 bridgehead atoms. The monoisotopic (exact) mass is 225 g/mol. The molecule has 1 aromatic carbocycles. The lowest BCUT2D eigenvalue weighted by molar-refractivity contribution is 0.173. The molecule has 1 aliphatic heterocycles. The molecule has 1 amide bonds. The second-order valence-electron chi connectivity index (χ2n) is 3.05. The van der Waals surface area contributed by atoms with Gasteiger partial charge >= 0.3 is 6.09 Å². The normalized spacial score (nSPS) is 12.3. The Balaban J connectivity index is 1.97. The van der Waals surface area contributed by atoms with Crippen molar-refractivity contribution in [2.75, 3.05) is 19.9 Å². The van der Waals surface area contributed by atoms with Crippen molar-refractivity contribution in [3.63, 3.8) is 0 Å². The number of fused-ring (bicyclic) bond motifs is 1. The van der Waals surface area contributed by atoms with Crippen LogP contribution in [0.25, 0.3) is 0 Å². The van der Waals surface area contributed by atoms with Gasteiger partial charge in [-0.1, -0.05) is 0 Å². The summed E-state index contributed by atoms with van der Waals surface area (Å²) in [6, 6.07) is 4.84. The molecule has 0 radical (unpaired) electrons. The number of ether oxygens (including phenoxy) is 3. The van der Waals surface area contributed by atoms with Crippen molar-refractivity contribution < 1.29 is 24.1 Å². The van der Waals surface area contributed by atoms with Crippen molar-refractivity contribution in [1.29, 1.82) is 0 Å². The van der Waals surface area contributed by atoms with E-state index in [1.54, 1.807) is 18.2 Å².